The minimum atomic E-state index is -0.448. The molecule has 0 aliphatic carbocycles. The Morgan fingerprint density at radius 3 is 2.52 bits per heavy atom. The molecule has 0 unspecified atom stereocenters. The van der Waals surface area contributed by atoms with E-state index >= 15 is 0 Å². The van der Waals surface area contributed by atoms with Crippen LogP contribution in [-0.2, 0) is 0 Å². The molecule has 0 radical (unpaired) electrons. The van der Waals surface area contributed by atoms with E-state index in [4.69, 9.17) is 0 Å². The number of rotatable bonds is 4. The summed E-state index contributed by atoms with van der Waals surface area (Å²) in [5.41, 5.74) is 4.75. The van der Waals surface area contributed by atoms with Crippen molar-refractivity contribution in [2.24, 2.45) is 5.10 Å². The van der Waals surface area contributed by atoms with E-state index in [1.165, 1.54) is 29.8 Å². The summed E-state index contributed by atoms with van der Waals surface area (Å²) in [5, 5.41) is 3.88. The van der Waals surface area contributed by atoms with Gasteiger partial charge < -0.3 is 0 Å². The van der Waals surface area contributed by atoms with Gasteiger partial charge in [0.05, 0.1) is 6.21 Å². The first-order chi connectivity index (χ1) is 10.1. The summed E-state index contributed by atoms with van der Waals surface area (Å²) in [6, 6.07) is 13.4. The van der Waals surface area contributed by atoms with Crippen molar-refractivity contribution in [3.63, 3.8) is 0 Å². The van der Waals surface area contributed by atoms with E-state index < -0.39 is 11.7 Å². The molecule has 0 saturated carbocycles. The number of nitrogens with zero attached hydrogens (tertiary/aromatic N) is 1. The predicted octanol–water partition coefficient (Wildman–Crippen LogP) is 3.71. The molecule has 2 rings (SSSR count). The van der Waals surface area contributed by atoms with Crippen LogP contribution in [0.15, 0.2) is 53.6 Å². The van der Waals surface area contributed by atoms with Crippen molar-refractivity contribution < 1.29 is 9.18 Å². The Balaban J connectivity index is 1.97. The summed E-state index contributed by atoms with van der Waals surface area (Å²) in [6.45, 7) is 4.25. The van der Waals surface area contributed by atoms with Gasteiger partial charge in [0.15, 0.2) is 0 Å². The quantitative estimate of drug-likeness (QED) is 0.675. The maximum atomic E-state index is 13.0. The number of halogens is 1. The molecule has 0 fully saturated rings. The molecule has 0 aromatic heterocycles. The smallest absolute Gasteiger partial charge is 0.267 e. The largest absolute Gasteiger partial charge is 0.271 e. The number of hydrogen-bond acceptors (Lipinski definition) is 2. The molecule has 108 valence electrons. The highest BCUT2D eigenvalue weighted by Gasteiger charge is 2.04. The second-order valence-corrected chi connectivity index (χ2v) is 5.03. The lowest BCUT2D eigenvalue weighted by molar-refractivity contribution is 0.0954. The number of benzene rings is 2. The zero-order chi connectivity index (χ0) is 15.2. The standard InChI is InChI=1S/C17H17FN2O/c1-12(2)14-8-6-13(7-9-14)11-19-20-17(21)15-4-3-5-16(18)10-15/h3-12H,1-2H3,(H,20,21). The van der Waals surface area contributed by atoms with Crippen molar-refractivity contribution in [3.8, 4) is 0 Å². The van der Waals surface area contributed by atoms with E-state index in [1.54, 1.807) is 6.21 Å². The monoisotopic (exact) mass is 284 g/mol. The first-order valence-electron chi connectivity index (χ1n) is 6.75. The van der Waals surface area contributed by atoms with Crippen LogP contribution in [0.4, 0.5) is 4.39 Å². The van der Waals surface area contributed by atoms with Gasteiger partial charge in [-0.1, -0.05) is 44.2 Å². The van der Waals surface area contributed by atoms with Crippen LogP contribution in [0.2, 0.25) is 0 Å². The van der Waals surface area contributed by atoms with Crippen molar-refractivity contribution in [1.82, 2.24) is 5.43 Å². The topological polar surface area (TPSA) is 41.5 Å². The molecular weight excluding hydrogens is 267 g/mol. The van der Waals surface area contributed by atoms with Crippen molar-refractivity contribution in [3.05, 3.63) is 71.0 Å². The van der Waals surface area contributed by atoms with Crippen LogP contribution in [0.1, 0.15) is 41.3 Å². The Labute approximate surface area is 123 Å². The Kier molecular flexibility index (Phi) is 4.82. The highest BCUT2D eigenvalue weighted by Crippen LogP contribution is 2.13. The van der Waals surface area contributed by atoms with E-state index in [0.29, 0.717) is 5.92 Å². The van der Waals surface area contributed by atoms with Crippen LogP contribution in [0.3, 0.4) is 0 Å². The molecule has 0 saturated heterocycles. The first kappa shape index (κ1) is 14.9. The molecule has 4 heteroatoms. The van der Waals surface area contributed by atoms with E-state index in [0.717, 1.165) is 5.56 Å². The highest BCUT2D eigenvalue weighted by molar-refractivity contribution is 5.94. The van der Waals surface area contributed by atoms with E-state index in [2.05, 4.69) is 24.4 Å². The van der Waals surface area contributed by atoms with E-state index in [-0.39, 0.29) is 5.56 Å². The molecular formula is C17H17FN2O. The van der Waals surface area contributed by atoms with Gasteiger partial charge in [-0.3, -0.25) is 4.79 Å². The van der Waals surface area contributed by atoms with E-state index in [9.17, 15) is 9.18 Å². The summed E-state index contributed by atoms with van der Waals surface area (Å²) in [4.78, 5) is 11.7. The first-order valence-corrected chi connectivity index (χ1v) is 6.75. The van der Waals surface area contributed by atoms with Crippen molar-refractivity contribution in [1.29, 1.82) is 0 Å². The van der Waals surface area contributed by atoms with Crippen LogP contribution in [0.5, 0.6) is 0 Å². The van der Waals surface area contributed by atoms with Gasteiger partial charge in [-0.25, -0.2) is 9.82 Å². The SMILES string of the molecule is CC(C)c1ccc(C=NNC(=O)c2cccc(F)c2)cc1. The predicted molar refractivity (Wildman–Crippen MR) is 82.0 cm³/mol. The zero-order valence-electron chi connectivity index (χ0n) is 12.0. The van der Waals surface area contributed by atoms with Gasteiger partial charge in [-0.2, -0.15) is 5.10 Å². The fourth-order valence-electron chi connectivity index (χ4n) is 1.83. The average Bonchev–Trinajstić information content (AvgIpc) is 2.47. The summed E-state index contributed by atoms with van der Waals surface area (Å²) in [6.07, 6.45) is 1.56. The lowest BCUT2D eigenvalue weighted by atomic mass is 10.0. The summed E-state index contributed by atoms with van der Waals surface area (Å²) in [7, 11) is 0. The second-order valence-electron chi connectivity index (χ2n) is 5.03. The molecule has 0 heterocycles. The van der Waals surface area contributed by atoms with Crippen molar-refractivity contribution in [2.75, 3.05) is 0 Å². The summed E-state index contributed by atoms with van der Waals surface area (Å²) < 4.78 is 13.0. The van der Waals surface area contributed by atoms with Gasteiger partial charge in [0.2, 0.25) is 0 Å². The molecule has 1 N–H and O–H groups in total. The fourth-order valence-corrected chi connectivity index (χ4v) is 1.83. The Bertz CT molecular complexity index is 648. The molecule has 0 bridgehead atoms. The number of hydrogen-bond donors (Lipinski definition) is 1. The molecule has 0 spiro atoms. The zero-order valence-corrected chi connectivity index (χ0v) is 12.0. The third-order valence-corrected chi connectivity index (χ3v) is 3.07. The number of amides is 1. The molecule has 0 aliphatic heterocycles. The third-order valence-electron chi connectivity index (χ3n) is 3.07. The van der Waals surface area contributed by atoms with Crippen molar-refractivity contribution >= 4 is 12.1 Å². The lowest BCUT2D eigenvalue weighted by Crippen LogP contribution is -2.17. The van der Waals surface area contributed by atoms with Gasteiger partial charge in [-0.15, -0.1) is 0 Å². The van der Waals surface area contributed by atoms with Crippen LogP contribution >= 0.6 is 0 Å². The Morgan fingerprint density at radius 2 is 1.90 bits per heavy atom. The average molecular weight is 284 g/mol. The minimum absolute atomic E-state index is 0.238. The summed E-state index contributed by atoms with van der Waals surface area (Å²) in [5.74, 6) is -0.413. The van der Waals surface area contributed by atoms with E-state index in [1.807, 2.05) is 24.3 Å². The molecule has 21 heavy (non-hydrogen) atoms. The lowest BCUT2D eigenvalue weighted by Gasteiger charge is -2.04. The maximum Gasteiger partial charge on any atom is 0.271 e. The fraction of sp³-hybridized carbons (Fsp3) is 0.176. The maximum absolute atomic E-state index is 13.0. The normalized spacial score (nSPS) is 11.0. The van der Waals surface area contributed by atoms with Gasteiger partial charge in [0, 0.05) is 5.56 Å². The number of carbonyl (C=O) groups excluding carboxylic acids is 1. The molecule has 2 aromatic rings. The number of nitrogens with one attached hydrogen (secondary N) is 1. The molecule has 2 aromatic carbocycles. The van der Waals surface area contributed by atoms with Gasteiger partial charge >= 0.3 is 0 Å². The Hall–Kier alpha value is -2.49. The molecule has 1 amide bonds. The molecule has 0 atom stereocenters. The Morgan fingerprint density at radius 1 is 1.19 bits per heavy atom. The number of carbonyl (C=O) groups is 1. The summed E-state index contributed by atoms with van der Waals surface area (Å²) >= 11 is 0. The number of hydrazone groups is 1. The van der Waals surface area contributed by atoms with Gasteiger partial charge in [-0.05, 0) is 35.2 Å². The van der Waals surface area contributed by atoms with Gasteiger partial charge in [0.25, 0.3) is 5.91 Å². The van der Waals surface area contributed by atoms with Crippen LogP contribution in [-0.4, -0.2) is 12.1 Å². The minimum Gasteiger partial charge on any atom is -0.267 e. The van der Waals surface area contributed by atoms with Crippen LogP contribution in [0.25, 0.3) is 0 Å². The van der Waals surface area contributed by atoms with Gasteiger partial charge in [0.1, 0.15) is 5.82 Å². The van der Waals surface area contributed by atoms with Crippen LogP contribution in [0, 0.1) is 5.82 Å². The van der Waals surface area contributed by atoms with Crippen LogP contribution < -0.4 is 5.43 Å². The third kappa shape index (κ3) is 4.24. The second kappa shape index (κ2) is 6.79. The molecule has 0 aliphatic rings. The highest BCUT2D eigenvalue weighted by atomic mass is 19.1. The van der Waals surface area contributed by atoms with Crippen molar-refractivity contribution in [2.45, 2.75) is 19.8 Å². The molecule has 3 nitrogen and oxygen atoms in total.